The van der Waals surface area contributed by atoms with Crippen molar-refractivity contribution < 1.29 is 9.53 Å². The molecule has 2 aliphatic heterocycles. The first kappa shape index (κ1) is 19.2. The van der Waals surface area contributed by atoms with Crippen molar-refractivity contribution in [3.8, 4) is 0 Å². The van der Waals surface area contributed by atoms with Gasteiger partial charge in [0.15, 0.2) is 0 Å². The van der Waals surface area contributed by atoms with E-state index < -0.39 is 0 Å². The number of hydrogen-bond acceptors (Lipinski definition) is 6. The van der Waals surface area contributed by atoms with Crippen LogP contribution in [0.25, 0.3) is 0 Å². The van der Waals surface area contributed by atoms with Crippen molar-refractivity contribution >= 4 is 17.2 Å². The molecule has 2 aromatic rings. The maximum absolute atomic E-state index is 12.8. The number of amides is 1. The van der Waals surface area contributed by atoms with E-state index in [0.29, 0.717) is 13.0 Å². The van der Waals surface area contributed by atoms with Crippen molar-refractivity contribution in [2.24, 2.45) is 0 Å². The minimum Gasteiger partial charge on any atom is -0.370 e. The number of aryl methyl sites for hydroxylation is 2. The third-order valence-corrected chi connectivity index (χ3v) is 7.66. The largest absolute Gasteiger partial charge is 0.370 e. The Morgan fingerprint density at radius 1 is 1.28 bits per heavy atom. The summed E-state index contributed by atoms with van der Waals surface area (Å²) in [4.78, 5) is 24.3. The van der Waals surface area contributed by atoms with Crippen molar-refractivity contribution in [1.82, 2.24) is 20.6 Å². The Balaban J connectivity index is 1.25. The Bertz CT molecular complexity index is 933. The van der Waals surface area contributed by atoms with Crippen LogP contribution >= 0.6 is 11.3 Å². The maximum atomic E-state index is 12.8. The second-order valence-corrected chi connectivity index (χ2v) is 9.44. The zero-order chi connectivity index (χ0) is 19.8. The summed E-state index contributed by atoms with van der Waals surface area (Å²) in [5, 5.41) is 6.49. The number of ether oxygens (including phenoxy) is 1. The van der Waals surface area contributed by atoms with Crippen molar-refractivity contribution in [3.63, 3.8) is 0 Å². The fraction of sp³-hybridized carbons (Fsp3) is 0.591. The van der Waals surface area contributed by atoms with Gasteiger partial charge in [-0.1, -0.05) is 0 Å². The standard InChI is InChI=1S/C22H28N4O2S/c1-14-15-3-2-4-17(15)26-20(25-14)5-9-24-21(27)19-13-16-18(29-19)6-12-28-22(16)7-10-23-11-8-22/h13,23H,2-12H2,1H3,(H,24,27). The Morgan fingerprint density at radius 3 is 3.00 bits per heavy atom. The lowest BCUT2D eigenvalue weighted by Gasteiger charge is -2.40. The van der Waals surface area contributed by atoms with E-state index in [4.69, 9.17) is 9.72 Å². The van der Waals surface area contributed by atoms with E-state index in [0.717, 1.165) is 68.2 Å². The van der Waals surface area contributed by atoms with Crippen LogP contribution < -0.4 is 10.6 Å². The molecule has 1 spiro atoms. The van der Waals surface area contributed by atoms with Crippen LogP contribution in [0.2, 0.25) is 0 Å². The topological polar surface area (TPSA) is 76.1 Å². The average Bonchev–Trinajstić information content (AvgIpc) is 3.37. The molecule has 0 aromatic carbocycles. The molecular formula is C22H28N4O2S. The number of thiophene rings is 1. The van der Waals surface area contributed by atoms with E-state index in [-0.39, 0.29) is 11.5 Å². The Kier molecular flexibility index (Phi) is 5.14. The lowest BCUT2D eigenvalue weighted by atomic mass is 9.83. The predicted octanol–water partition coefficient (Wildman–Crippen LogP) is 2.46. The number of carbonyl (C=O) groups excluding carboxylic acids is 1. The number of nitrogens with one attached hydrogen (secondary N) is 2. The third-order valence-electron chi connectivity index (χ3n) is 6.46. The van der Waals surface area contributed by atoms with E-state index in [9.17, 15) is 4.79 Å². The first-order valence-corrected chi connectivity index (χ1v) is 11.6. The molecule has 0 unspecified atom stereocenters. The molecule has 0 bridgehead atoms. The molecule has 1 amide bonds. The smallest absolute Gasteiger partial charge is 0.261 e. The van der Waals surface area contributed by atoms with Crippen molar-refractivity contribution in [3.05, 3.63) is 44.2 Å². The Morgan fingerprint density at radius 2 is 2.14 bits per heavy atom. The molecule has 2 N–H and O–H groups in total. The van der Waals surface area contributed by atoms with Crippen LogP contribution in [0, 0.1) is 6.92 Å². The molecule has 6 nitrogen and oxygen atoms in total. The molecule has 0 atom stereocenters. The first-order chi connectivity index (χ1) is 14.1. The molecule has 7 heteroatoms. The Hall–Kier alpha value is -1.83. The minimum absolute atomic E-state index is 0.00589. The van der Waals surface area contributed by atoms with Gasteiger partial charge in [-0.2, -0.15) is 0 Å². The summed E-state index contributed by atoms with van der Waals surface area (Å²) in [6, 6.07) is 2.08. The number of piperidine rings is 1. The zero-order valence-electron chi connectivity index (χ0n) is 17.0. The first-order valence-electron chi connectivity index (χ1n) is 10.8. The summed E-state index contributed by atoms with van der Waals surface area (Å²) in [5.41, 5.74) is 4.70. The molecule has 29 heavy (non-hydrogen) atoms. The van der Waals surface area contributed by atoms with Gasteiger partial charge in [0.1, 0.15) is 5.82 Å². The van der Waals surface area contributed by atoms with Crippen molar-refractivity contribution in [2.45, 2.75) is 57.5 Å². The number of hydrogen-bond donors (Lipinski definition) is 2. The number of carbonyl (C=O) groups is 1. The minimum atomic E-state index is -0.191. The van der Waals surface area contributed by atoms with Crippen molar-refractivity contribution in [1.29, 1.82) is 0 Å². The summed E-state index contributed by atoms with van der Waals surface area (Å²) in [6.07, 6.45) is 6.87. The van der Waals surface area contributed by atoms with Gasteiger partial charge in [0, 0.05) is 35.7 Å². The third kappa shape index (κ3) is 3.60. The van der Waals surface area contributed by atoms with Crippen LogP contribution in [0.15, 0.2) is 6.07 Å². The number of fused-ring (bicyclic) bond motifs is 3. The number of aromatic nitrogens is 2. The molecule has 154 valence electrons. The highest BCUT2D eigenvalue weighted by Crippen LogP contribution is 2.43. The molecule has 0 radical (unpaired) electrons. The van der Waals surface area contributed by atoms with Gasteiger partial charge in [0.05, 0.1) is 17.1 Å². The highest BCUT2D eigenvalue weighted by molar-refractivity contribution is 7.14. The van der Waals surface area contributed by atoms with Gasteiger partial charge in [-0.3, -0.25) is 4.79 Å². The fourth-order valence-corrected chi connectivity index (χ4v) is 6.09. The summed E-state index contributed by atoms with van der Waals surface area (Å²) in [5.74, 6) is 0.849. The van der Waals surface area contributed by atoms with Crippen molar-refractivity contribution in [2.75, 3.05) is 26.2 Å². The van der Waals surface area contributed by atoms with Gasteiger partial charge in [-0.15, -0.1) is 11.3 Å². The molecule has 1 fully saturated rings. The van der Waals surface area contributed by atoms with E-state index in [1.54, 1.807) is 11.3 Å². The summed E-state index contributed by atoms with van der Waals surface area (Å²) in [6.45, 7) is 5.32. The molecule has 5 rings (SSSR count). The van der Waals surface area contributed by atoms with Crippen LogP contribution in [-0.4, -0.2) is 42.1 Å². The molecule has 0 saturated carbocycles. The second kappa shape index (κ2) is 7.78. The molecule has 2 aromatic heterocycles. The van der Waals surface area contributed by atoms with E-state index in [1.807, 2.05) is 0 Å². The number of rotatable bonds is 4. The van der Waals surface area contributed by atoms with Gasteiger partial charge >= 0.3 is 0 Å². The molecule has 3 aliphatic rings. The predicted molar refractivity (Wildman–Crippen MR) is 113 cm³/mol. The molecule has 1 saturated heterocycles. The Labute approximate surface area is 175 Å². The van der Waals surface area contributed by atoms with Crippen LogP contribution in [0.3, 0.4) is 0 Å². The maximum Gasteiger partial charge on any atom is 0.261 e. The van der Waals surface area contributed by atoms with E-state index >= 15 is 0 Å². The van der Waals surface area contributed by atoms with Gasteiger partial charge < -0.3 is 15.4 Å². The van der Waals surface area contributed by atoms with Gasteiger partial charge in [0.25, 0.3) is 5.91 Å². The van der Waals surface area contributed by atoms with Gasteiger partial charge in [0.2, 0.25) is 0 Å². The summed E-state index contributed by atoms with van der Waals surface area (Å²) >= 11 is 1.63. The summed E-state index contributed by atoms with van der Waals surface area (Å²) < 4.78 is 6.23. The molecule has 4 heterocycles. The van der Waals surface area contributed by atoms with Crippen LogP contribution in [0.5, 0.6) is 0 Å². The van der Waals surface area contributed by atoms with E-state index in [2.05, 4.69) is 28.6 Å². The normalized spacial score (nSPS) is 19.8. The second-order valence-electron chi connectivity index (χ2n) is 8.30. The fourth-order valence-electron chi connectivity index (χ4n) is 4.94. The van der Waals surface area contributed by atoms with Crippen LogP contribution in [-0.2, 0) is 36.0 Å². The number of nitrogens with zero attached hydrogens (tertiary/aromatic N) is 2. The van der Waals surface area contributed by atoms with Gasteiger partial charge in [-0.05, 0) is 69.3 Å². The summed E-state index contributed by atoms with van der Waals surface area (Å²) in [7, 11) is 0. The lowest BCUT2D eigenvalue weighted by molar-refractivity contribution is -0.0792. The van der Waals surface area contributed by atoms with Gasteiger partial charge in [-0.25, -0.2) is 9.97 Å². The van der Waals surface area contributed by atoms with Crippen LogP contribution in [0.1, 0.15) is 62.2 Å². The zero-order valence-corrected chi connectivity index (χ0v) is 17.8. The monoisotopic (exact) mass is 412 g/mol. The molecular weight excluding hydrogens is 384 g/mol. The SMILES string of the molecule is Cc1nc(CCNC(=O)c2cc3c(s2)CCOC32CCNCC2)nc2c1CCC2. The molecule has 1 aliphatic carbocycles. The highest BCUT2D eigenvalue weighted by atomic mass is 32.1. The average molecular weight is 413 g/mol. The highest BCUT2D eigenvalue weighted by Gasteiger charge is 2.40. The lowest BCUT2D eigenvalue weighted by Crippen LogP contribution is -2.44. The van der Waals surface area contributed by atoms with E-state index in [1.165, 1.54) is 28.1 Å². The van der Waals surface area contributed by atoms with Crippen LogP contribution in [0.4, 0.5) is 0 Å². The quantitative estimate of drug-likeness (QED) is 0.807.